The topological polar surface area (TPSA) is 87.1 Å². The molecule has 5 heteroatoms. The fraction of sp³-hybridized carbons (Fsp3) is 0.214. The van der Waals surface area contributed by atoms with Crippen molar-refractivity contribution in [3.05, 3.63) is 41.3 Å². The van der Waals surface area contributed by atoms with Crippen LogP contribution < -0.4 is 0 Å². The van der Waals surface area contributed by atoms with Gasteiger partial charge >= 0.3 is 5.97 Å². The molecule has 0 aliphatic carbocycles. The Morgan fingerprint density at radius 2 is 2.32 bits per heavy atom. The van der Waals surface area contributed by atoms with Crippen LogP contribution in [0.5, 0.6) is 0 Å². The third kappa shape index (κ3) is 2.63. The van der Waals surface area contributed by atoms with Gasteiger partial charge in [0, 0.05) is 5.56 Å². The summed E-state index contributed by atoms with van der Waals surface area (Å²) in [5, 5.41) is 17.9. The van der Waals surface area contributed by atoms with Crippen LogP contribution >= 0.6 is 0 Å². The Morgan fingerprint density at radius 3 is 2.95 bits per heavy atom. The fourth-order valence-corrected chi connectivity index (χ4v) is 1.77. The summed E-state index contributed by atoms with van der Waals surface area (Å²) in [6.45, 7) is 1.94. The highest BCUT2D eigenvalue weighted by atomic mass is 16.4. The molecule has 0 amide bonds. The molecule has 0 aliphatic heterocycles. The first kappa shape index (κ1) is 12.8. The molecule has 2 aromatic rings. The van der Waals surface area contributed by atoms with Crippen LogP contribution in [-0.2, 0) is 6.42 Å². The Kier molecular flexibility index (Phi) is 3.62. The average molecular weight is 256 g/mol. The first-order chi connectivity index (χ1) is 9.15. The molecule has 1 aromatic carbocycles. The van der Waals surface area contributed by atoms with Gasteiger partial charge in [-0.15, -0.1) is 0 Å². The van der Waals surface area contributed by atoms with Gasteiger partial charge in [0.15, 0.2) is 0 Å². The fourth-order valence-electron chi connectivity index (χ4n) is 1.77. The summed E-state index contributed by atoms with van der Waals surface area (Å²) in [6, 6.07) is 8.74. The van der Waals surface area contributed by atoms with Crippen molar-refractivity contribution in [1.82, 2.24) is 4.98 Å². The zero-order valence-corrected chi connectivity index (χ0v) is 10.4. The molecule has 2 rings (SSSR count). The number of aromatic nitrogens is 1. The normalized spacial score (nSPS) is 10.1. The van der Waals surface area contributed by atoms with Gasteiger partial charge in [0.1, 0.15) is 0 Å². The van der Waals surface area contributed by atoms with E-state index in [0.717, 1.165) is 6.42 Å². The summed E-state index contributed by atoms with van der Waals surface area (Å²) >= 11 is 0. The van der Waals surface area contributed by atoms with Crippen LogP contribution in [0.25, 0.3) is 11.5 Å². The van der Waals surface area contributed by atoms with Crippen molar-refractivity contribution < 1.29 is 14.3 Å². The number of carboxylic acids is 1. The molecular formula is C14H12N2O3. The zero-order valence-electron chi connectivity index (χ0n) is 10.4. The van der Waals surface area contributed by atoms with Crippen molar-refractivity contribution in [2.75, 3.05) is 0 Å². The monoisotopic (exact) mass is 256 g/mol. The summed E-state index contributed by atoms with van der Waals surface area (Å²) in [4.78, 5) is 15.3. The van der Waals surface area contributed by atoms with Crippen LogP contribution in [0.2, 0.25) is 0 Å². The standard InChI is InChI=1S/C14H12N2O3/c1-2-4-11-12(14(17)18)19-13(16-11)10-6-3-5-9(7-10)8-15/h3,5-7H,2,4H2,1H3,(H,17,18). The summed E-state index contributed by atoms with van der Waals surface area (Å²) in [5.41, 5.74) is 1.51. The highest BCUT2D eigenvalue weighted by molar-refractivity contribution is 5.86. The van der Waals surface area contributed by atoms with Gasteiger partial charge in [-0.3, -0.25) is 0 Å². The van der Waals surface area contributed by atoms with E-state index in [1.807, 2.05) is 13.0 Å². The van der Waals surface area contributed by atoms with Gasteiger partial charge in [0.25, 0.3) is 0 Å². The molecule has 0 bridgehead atoms. The lowest BCUT2D eigenvalue weighted by molar-refractivity contribution is 0.0661. The van der Waals surface area contributed by atoms with Gasteiger partial charge in [-0.05, 0) is 24.6 Å². The molecule has 0 radical (unpaired) electrons. The molecule has 19 heavy (non-hydrogen) atoms. The second-order valence-corrected chi connectivity index (χ2v) is 4.04. The molecule has 0 atom stereocenters. The van der Waals surface area contributed by atoms with Crippen LogP contribution in [0.15, 0.2) is 28.7 Å². The third-order valence-electron chi connectivity index (χ3n) is 2.62. The molecule has 1 heterocycles. The highest BCUT2D eigenvalue weighted by Crippen LogP contribution is 2.23. The maximum absolute atomic E-state index is 11.1. The molecule has 1 N–H and O–H groups in total. The van der Waals surface area contributed by atoms with Crippen molar-refractivity contribution >= 4 is 5.97 Å². The number of benzene rings is 1. The van der Waals surface area contributed by atoms with Gasteiger partial charge in [0.05, 0.1) is 17.3 Å². The van der Waals surface area contributed by atoms with Crippen LogP contribution in [0.3, 0.4) is 0 Å². The summed E-state index contributed by atoms with van der Waals surface area (Å²) < 4.78 is 5.29. The van der Waals surface area contributed by atoms with Crippen molar-refractivity contribution in [2.45, 2.75) is 19.8 Å². The molecule has 0 saturated carbocycles. The first-order valence-electron chi connectivity index (χ1n) is 5.89. The van der Waals surface area contributed by atoms with E-state index in [1.54, 1.807) is 24.3 Å². The number of aromatic carboxylic acids is 1. The molecule has 0 fully saturated rings. The zero-order chi connectivity index (χ0) is 13.8. The second kappa shape index (κ2) is 5.36. The molecule has 0 saturated heterocycles. The summed E-state index contributed by atoms with van der Waals surface area (Å²) in [7, 11) is 0. The molecule has 1 aromatic heterocycles. The first-order valence-corrected chi connectivity index (χ1v) is 5.89. The van der Waals surface area contributed by atoms with Gasteiger partial charge in [0.2, 0.25) is 11.7 Å². The average Bonchev–Trinajstić information content (AvgIpc) is 2.83. The number of nitrogens with zero attached hydrogens (tertiary/aromatic N) is 2. The van der Waals surface area contributed by atoms with Crippen molar-refractivity contribution in [1.29, 1.82) is 5.26 Å². The van der Waals surface area contributed by atoms with Crippen molar-refractivity contribution in [3.8, 4) is 17.5 Å². The highest BCUT2D eigenvalue weighted by Gasteiger charge is 2.19. The van der Waals surface area contributed by atoms with E-state index in [-0.39, 0.29) is 11.7 Å². The lowest BCUT2D eigenvalue weighted by atomic mass is 10.1. The SMILES string of the molecule is CCCc1nc(-c2cccc(C#N)c2)oc1C(=O)O. The van der Waals surface area contributed by atoms with Gasteiger partial charge < -0.3 is 9.52 Å². The number of carboxylic acid groups (broad SMARTS) is 1. The summed E-state index contributed by atoms with van der Waals surface area (Å²) in [6.07, 6.45) is 1.33. The van der Waals surface area contributed by atoms with Crippen molar-refractivity contribution in [3.63, 3.8) is 0 Å². The largest absolute Gasteiger partial charge is 0.475 e. The van der Waals surface area contributed by atoms with Gasteiger partial charge in [-0.25, -0.2) is 9.78 Å². The maximum Gasteiger partial charge on any atom is 0.373 e. The predicted molar refractivity (Wildman–Crippen MR) is 67.6 cm³/mol. The number of nitriles is 1. The minimum absolute atomic E-state index is 0.126. The molecular weight excluding hydrogens is 244 g/mol. The van der Waals surface area contributed by atoms with E-state index in [9.17, 15) is 4.79 Å². The van der Waals surface area contributed by atoms with Crippen LogP contribution in [0.1, 0.15) is 35.2 Å². The van der Waals surface area contributed by atoms with Gasteiger partial charge in [-0.2, -0.15) is 5.26 Å². The maximum atomic E-state index is 11.1. The number of rotatable bonds is 4. The molecule has 0 aliphatic rings. The minimum Gasteiger partial charge on any atom is -0.475 e. The Balaban J connectivity index is 2.48. The predicted octanol–water partition coefficient (Wildman–Crippen LogP) is 2.86. The van der Waals surface area contributed by atoms with Crippen LogP contribution in [-0.4, -0.2) is 16.1 Å². The number of oxazole rings is 1. The van der Waals surface area contributed by atoms with Gasteiger partial charge in [-0.1, -0.05) is 19.4 Å². The Hall–Kier alpha value is -2.61. The second-order valence-electron chi connectivity index (χ2n) is 4.04. The Bertz CT molecular complexity index is 653. The smallest absolute Gasteiger partial charge is 0.373 e. The van der Waals surface area contributed by atoms with Crippen LogP contribution in [0, 0.1) is 11.3 Å². The lowest BCUT2D eigenvalue weighted by Gasteiger charge is -1.94. The van der Waals surface area contributed by atoms with E-state index in [4.69, 9.17) is 14.8 Å². The van der Waals surface area contributed by atoms with E-state index in [1.165, 1.54) is 0 Å². The van der Waals surface area contributed by atoms with E-state index in [0.29, 0.717) is 23.2 Å². The lowest BCUT2D eigenvalue weighted by Crippen LogP contribution is -1.99. The Morgan fingerprint density at radius 1 is 1.53 bits per heavy atom. The van der Waals surface area contributed by atoms with E-state index >= 15 is 0 Å². The number of hydrogen-bond acceptors (Lipinski definition) is 4. The van der Waals surface area contributed by atoms with Crippen molar-refractivity contribution in [2.24, 2.45) is 0 Å². The molecule has 5 nitrogen and oxygen atoms in total. The minimum atomic E-state index is -1.13. The summed E-state index contributed by atoms with van der Waals surface area (Å²) in [5.74, 6) is -1.02. The molecule has 0 spiro atoms. The van der Waals surface area contributed by atoms with E-state index < -0.39 is 5.97 Å². The molecule has 96 valence electrons. The van der Waals surface area contributed by atoms with E-state index in [2.05, 4.69) is 4.98 Å². The Labute approximate surface area is 110 Å². The molecule has 0 unspecified atom stereocenters. The number of hydrogen-bond donors (Lipinski definition) is 1. The number of aryl methyl sites for hydroxylation is 1. The third-order valence-corrected chi connectivity index (χ3v) is 2.62. The number of carbonyl (C=O) groups is 1. The van der Waals surface area contributed by atoms with Crippen LogP contribution in [0.4, 0.5) is 0 Å². The quantitative estimate of drug-likeness (QED) is 0.908.